The minimum Gasteiger partial charge on any atom is -0.338 e. The molecular formula is C16H15F4NO. The van der Waals surface area contributed by atoms with Gasteiger partial charge in [0.15, 0.2) is 0 Å². The highest BCUT2D eigenvalue weighted by Gasteiger charge is 2.37. The van der Waals surface area contributed by atoms with Crippen LogP contribution in [0.2, 0.25) is 0 Å². The van der Waals surface area contributed by atoms with Gasteiger partial charge in [-0.05, 0) is 42.9 Å². The number of carbonyl (C=O) groups excluding carboxylic acids is 1. The van der Waals surface area contributed by atoms with E-state index in [1.807, 2.05) is 0 Å². The van der Waals surface area contributed by atoms with Gasteiger partial charge in [-0.25, -0.2) is 4.39 Å². The molecule has 0 N–H and O–H groups in total. The first-order valence-corrected chi connectivity index (χ1v) is 7.16. The summed E-state index contributed by atoms with van der Waals surface area (Å²) in [6.07, 6.45) is 1.23. The molecule has 0 aromatic heterocycles. The number of amides is 1. The van der Waals surface area contributed by atoms with Crippen LogP contribution in [0.3, 0.4) is 0 Å². The van der Waals surface area contributed by atoms with Crippen LogP contribution in [0.1, 0.15) is 28.8 Å². The van der Waals surface area contributed by atoms with Crippen molar-refractivity contribution in [3.8, 4) is 0 Å². The average molecular weight is 313 g/mol. The SMILES string of the molecule is O=C(c1cc(F)cc(C(F)(F)F)c1)N1CC2CC=CCC2C1. The summed E-state index contributed by atoms with van der Waals surface area (Å²) in [5.74, 6) is -0.870. The quantitative estimate of drug-likeness (QED) is 0.569. The number of allylic oxidation sites excluding steroid dienone is 2. The molecule has 2 unspecified atom stereocenters. The number of nitrogens with zero attached hydrogens (tertiary/aromatic N) is 1. The van der Waals surface area contributed by atoms with E-state index in [1.165, 1.54) is 4.90 Å². The number of hydrogen-bond donors (Lipinski definition) is 0. The lowest BCUT2D eigenvalue weighted by atomic mass is 9.86. The summed E-state index contributed by atoms with van der Waals surface area (Å²) >= 11 is 0. The van der Waals surface area contributed by atoms with Crippen molar-refractivity contribution in [3.05, 3.63) is 47.3 Å². The molecule has 1 aliphatic carbocycles. The van der Waals surface area contributed by atoms with Gasteiger partial charge in [0.1, 0.15) is 5.82 Å². The number of fused-ring (bicyclic) bond motifs is 1. The third-order valence-electron chi connectivity index (χ3n) is 4.38. The molecule has 1 aliphatic heterocycles. The molecule has 1 heterocycles. The predicted octanol–water partition coefficient (Wildman–Crippen LogP) is 3.88. The lowest BCUT2D eigenvalue weighted by Crippen LogP contribution is -2.29. The Hall–Kier alpha value is -1.85. The highest BCUT2D eigenvalue weighted by Crippen LogP contribution is 2.34. The van der Waals surface area contributed by atoms with Crippen LogP contribution in [-0.4, -0.2) is 23.9 Å². The summed E-state index contributed by atoms with van der Waals surface area (Å²) in [6, 6.07) is 2.01. The number of rotatable bonds is 1. The van der Waals surface area contributed by atoms with Gasteiger partial charge in [-0.15, -0.1) is 0 Å². The van der Waals surface area contributed by atoms with E-state index in [-0.39, 0.29) is 5.56 Å². The molecule has 1 amide bonds. The molecule has 2 aliphatic rings. The number of hydrogen-bond acceptors (Lipinski definition) is 1. The Kier molecular flexibility index (Phi) is 3.70. The summed E-state index contributed by atoms with van der Waals surface area (Å²) < 4.78 is 51.6. The summed E-state index contributed by atoms with van der Waals surface area (Å²) in [4.78, 5) is 13.9. The molecule has 1 fully saturated rings. The standard InChI is InChI=1S/C16H15F4NO/c17-14-6-12(5-13(7-14)16(18,19)20)15(22)21-8-10-3-1-2-4-11(10)9-21/h1-2,5-7,10-11H,3-4,8-9H2. The molecule has 2 nitrogen and oxygen atoms in total. The van der Waals surface area contributed by atoms with Crippen molar-refractivity contribution in [2.45, 2.75) is 19.0 Å². The molecule has 3 rings (SSSR count). The molecule has 0 spiro atoms. The maximum absolute atomic E-state index is 13.4. The zero-order valence-corrected chi connectivity index (χ0v) is 11.7. The fraction of sp³-hybridized carbons (Fsp3) is 0.438. The number of likely N-dealkylation sites (tertiary alicyclic amines) is 1. The zero-order chi connectivity index (χ0) is 15.9. The molecule has 1 aromatic carbocycles. The van der Waals surface area contributed by atoms with E-state index in [9.17, 15) is 22.4 Å². The largest absolute Gasteiger partial charge is 0.416 e. The maximum atomic E-state index is 13.4. The van der Waals surface area contributed by atoms with Crippen molar-refractivity contribution in [2.24, 2.45) is 11.8 Å². The third kappa shape index (κ3) is 2.87. The molecule has 6 heteroatoms. The Bertz CT molecular complexity index is 607. The van der Waals surface area contributed by atoms with Crippen molar-refractivity contribution in [1.29, 1.82) is 0 Å². The van der Waals surface area contributed by atoms with Gasteiger partial charge in [-0.3, -0.25) is 4.79 Å². The van der Waals surface area contributed by atoms with Gasteiger partial charge < -0.3 is 4.90 Å². The molecular weight excluding hydrogens is 298 g/mol. The van der Waals surface area contributed by atoms with E-state index < -0.39 is 23.5 Å². The molecule has 1 saturated heterocycles. The van der Waals surface area contributed by atoms with Crippen LogP contribution in [0.4, 0.5) is 17.6 Å². The normalized spacial score (nSPS) is 24.5. The second-order valence-electron chi connectivity index (χ2n) is 5.90. The molecule has 118 valence electrons. The van der Waals surface area contributed by atoms with Gasteiger partial charge in [0, 0.05) is 18.7 Å². The summed E-state index contributed by atoms with van der Waals surface area (Å²) in [5.41, 5.74) is -1.37. The summed E-state index contributed by atoms with van der Waals surface area (Å²) in [7, 11) is 0. The minimum atomic E-state index is -4.67. The molecule has 0 bridgehead atoms. The number of benzene rings is 1. The molecule has 22 heavy (non-hydrogen) atoms. The third-order valence-corrected chi connectivity index (χ3v) is 4.38. The van der Waals surface area contributed by atoms with Crippen molar-refractivity contribution < 1.29 is 22.4 Å². The average Bonchev–Trinajstić information content (AvgIpc) is 2.88. The Morgan fingerprint density at radius 2 is 1.64 bits per heavy atom. The second kappa shape index (κ2) is 5.41. The summed E-state index contributed by atoms with van der Waals surface area (Å²) in [5, 5.41) is 0. The van der Waals surface area contributed by atoms with Crippen molar-refractivity contribution in [2.75, 3.05) is 13.1 Å². The Balaban J connectivity index is 1.82. The van der Waals surface area contributed by atoms with Crippen LogP contribution in [0.25, 0.3) is 0 Å². The Labute approximate surface area is 125 Å². The van der Waals surface area contributed by atoms with E-state index in [2.05, 4.69) is 12.2 Å². The monoisotopic (exact) mass is 313 g/mol. The van der Waals surface area contributed by atoms with Crippen LogP contribution in [0, 0.1) is 17.7 Å². The second-order valence-corrected chi connectivity index (χ2v) is 5.90. The topological polar surface area (TPSA) is 20.3 Å². The van der Waals surface area contributed by atoms with Gasteiger partial charge in [-0.2, -0.15) is 13.2 Å². The minimum absolute atomic E-state index is 0.237. The predicted molar refractivity (Wildman–Crippen MR) is 72.7 cm³/mol. The van der Waals surface area contributed by atoms with Crippen molar-refractivity contribution in [1.82, 2.24) is 4.90 Å². The fourth-order valence-corrected chi connectivity index (χ4v) is 3.24. The van der Waals surface area contributed by atoms with Crippen molar-refractivity contribution in [3.63, 3.8) is 0 Å². The first kappa shape index (κ1) is 15.1. The first-order valence-electron chi connectivity index (χ1n) is 7.16. The first-order chi connectivity index (χ1) is 10.3. The van der Waals surface area contributed by atoms with Crippen LogP contribution < -0.4 is 0 Å². The van der Waals surface area contributed by atoms with E-state index in [0.717, 1.165) is 25.0 Å². The van der Waals surface area contributed by atoms with Gasteiger partial charge in [0.05, 0.1) is 5.56 Å². The molecule has 0 saturated carbocycles. The van der Waals surface area contributed by atoms with Crippen molar-refractivity contribution >= 4 is 5.91 Å². The highest BCUT2D eigenvalue weighted by molar-refractivity contribution is 5.94. The number of carbonyl (C=O) groups is 1. The van der Waals surface area contributed by atoms with Gasteiger partial charge in [0.2, 0.25) is 0 Å². The lowest BCUT2D eigenvalue weighted by molar-refractivity contribution is -0.137. The van der Waals surface area contributed by atoms with Gasteiger partial charge in [0.25, 0.3) is 5.91 Å². The molecule has 1 aromatic rings. The summed E-state index contributed by atoms with van der Waals surface area (Å²) in [6.45, 7) is 1.04. The van der Waals surface area contributed by atoms with E-state index in [1.54, 1.807) is 0 Å². The van der Waals surface area contributed by atoms with E-state index in [0.29, 0.717) is 31.0 Å². The van der Waals surface area contributed by atoms with Crippen LogP contribution in [0.15, 0.2) is 30.4 Å². The molecule has 0 radical (unpaired) electrons. The molecule has 2 atom stereocenters. The van der Waals surface area contributed by atoms with Gasteiger partial charge >= 0.3 is 6.18 Å². The smallest absolute Gasteiger partial charge is 0.338 e. The zero-order valence-electron chi connectivity index (χ0n) is 11.7. The number of alkyl halides is 3. The lowest BCUT2D eigenvalue weighted by Gasteiger charge is -2.17. The Morgan fingerprint density at radius 3 is 2.18 bits per heavy atom. The van der Waals surface area contributed by atoms with Crippen LogP contribution in [0.5, 0.6) is 0 Å². The van der Waals surface area contributed by atoms with Crippen LogP contribution >= 0.6 is 0 Å². The van der Waals surface area contributed by atoms with Gasteiger partial charge in [-0.1, -0.05) is 12.2 Å². The van der Waals surface area contributed by atoms with E-state index >= 15 is 0 Å². The van der Waals surface area contributed by atoms with Crippen LogP contribution in [-0.2, 0) is 6.18 Å². The van der Waals surface area contributed by atoms with E-state index in [4.69, 9.17) is 0 Å². The fourth-order valence-electron chi connectivity index (χ4n) is 3.24. The Morgan fingerprint density at radius 1 is 1.05 bits per heavy atom. The maximum Gasteiger partial charge on any atom is 0.416 e. The number of halogens is 4. The highest BCUT2D eigenvalue weighted by atomic mass is 19.4.